The number of aliphatic hydroxyl groups is 1. The number of imidazole rings is 1. The number of anilines is 1. The van der Waals surface area contributed by atoms with E-state index in [4.69, 9.17) is 14.2 Å². The molecular formula is C20H27N5O6. The van der Waals surface area contributed by atoms with Gasteiger partial charge in [0.25, 0.3) is 5.56 Å². The third-order valence-corrected chi connectivity index (χ3v) is 4.71. The standard InChI is InChI=1S/C20H27N5O6/c1-24-17-16(18(27)23-20(24)28)25(19(22-17)21-9-4-10-29-2)11-13(26)12-31-15-7-5-14(30-3)6-8-15/h5-8,13,26H,4,9-12H2,1-3H3,(H,21,22)(H,23,27,28)/t13-/m1/s1. The summed E-state index contributed by atoms with van der Waals surface area (Å²) in [5.41, 5.74) is -0.707. The van der Waals surface area contributed by atoms with E-state index < -0.39 is 17.4 Å². The number of aliphatic hydroxyl groups excluding tert-OH is 1. The third kappa shape index (κ3) is 5.25. The zero-order valence-electron chi connectivity index (χ0n) is 17.8. The predicted octanol–water partition coefficient (Wildman–Crippen LogP) is 0.320. The highest BCUT2D eigenvalue weighted by Gasteiger charge is 2.19. The molecule has 3 rings (SSSR count). The van der Waals surface area contributed by atoms with Gasteiger partial charge in [-0.1, -0.05) is 0 Å². The van der Waals surface area contributed by atoms with E-state index in [1.165, 1.54) is 11.6 Å². The van der Waals surface area contributed by atoms with Crippen LogP contribution in [-0.4, -0.2) is 64.3 Å². The fourth-order valence-corrected chi connectivity index (χ4v) is 3.09. The van der Waals surface area contributed by atoms with E-state index in [0.29, 0.717) is 30.6 Å². The number of nitrogens with zero attached hydrogens (tertiary/aromatic N) is 3. The molecule has 11 nitrogen and oxygen atoms in total. The van der Waals surface area contributed by atoms with Crippen molar-refractivity contribution in [2.24, 2.45) is 7.05 Å². The number of aromatic nitrogens is 4. The highest BCUT2D eigenvalue weighted by molar-refractivity contribution is 5.74. The first kappa shape index (κ1) is 22.4. The smallest absolute Gasteiger partial charge is 0.329 e. The minimum absolute atomic E-state index is 0.00120. The number of rotatable bonds is 11. The van der Waals surface area contributed by atoms with Gasteiger partial charge in [-0.15, -0.1) is 0 Å². The Bertz CT molecular complexity index is 1120. The van der Waals surface area contributed by atoms with E-state index in [9.17, 15) is 14.7 Å². The molecule has 2 aromatic heterocycles. The fraction of sp³-hybridized carbons (Fsp3) is 0.450. The summed E-state index contributed by atoms with van der Waals surface area (Å²) in [5.74, 6) is 1.65. The summed E-state index contributed by atoms with van der Waals surface area (Å²) in [4.78, 5) is 31.1. The topological polar surface area (TPSA) is 133 Å². The molecule has 168 valence electrons. The molecule has 11 heteroatoms. The zero-order valence-corrected chi connectivity index (χ0v) is 17.8. The van der Waals surface area contributed by atoms with Crippen molar-refractivity contribution < 1.29 is 19.3 Å². The minimum atomic E-state index is -0.935. The molecule has 1 aromatic carbocycles. The molecule has 0 bridgehead atoms. The average molecular weight is 433 g/mol. The van der Waals surface area contributed by atoms with Crippen LogP contribution >= 0.6 is 0 Å². The van der Waals surface area contributed by atoms with Gasteiger partial charge in [0, 0.05) is 27.3 Å². The molecule has 0 unspecified atom stereocenters. The van der Waals surface area contributed by atoms with Crippen LogP contribution in [-0.2, 0) is 18.3 Å². The van der Waals surface area contributed by atoms with Crippen molar-refractivity contribution in [3.05, 3.63) is 45.1 Å². The maximum Gasteiger partial charge on any atom is 0.329 e. The number of H-pyrrole nitrogens is 1. The van der Waals surface area contributed by atoms with Gasteiger partial charge in [0.2, 0.25) is 5.95 Å². The third-order valence-electron chi connectivity index (χ3n) is 4.71. The highest BCUT2D eigenvalue weighted by atomic mass is 16.5. The van der Waals surface area contributed by atoms with E-state index in [0.717, 1.165) is 6.42 Å². The van der Waals surface area contributed by atoms with Gasteiger partial charge in [-0.3, -0.25) is 14.3 Å². The van der Waals surface area contributed by atoms with Crippen molar-refractivity contribution >= 4 is 17.1 Å². The monoisotopic (exact) mass is 433 g/mol. The fourth-order valence-electron chi connectivity index (χ4n) is 3.09. The molecule has 3 N–H and O–H groups in total. The number of methoxy groups -OCH3 is 2. The van der Waals surface area contributed by atoms with Gasteiger partial charge in [0.1, 0.15) is 24.2 Å². The molecule has 0 saturated heterocycles. The number of hydrogen-bond acceptors (Lipinski definition) is 8. The number of hydrogen-bond donors (Lipinski definition) is 3. The first-order valence-electron chi connectivity index (χ1n) is 9.82. The van der Waals surface area contributed by atoms with Crippen LogP contribution in [0.25, 0.3) is 11.2 Å². The molecule has 0 fully saturated rings. The number of ether oxygens (including phenoxy) is 3. The van der Waals surface area contributed by atoms with Crippen molar-refractivity contribution in [3.8, 4) is 11.5 Å². The lowest BCUT2D eigenvalue weighted by molar-refractivity contribution is 0.0938. The maximum atomic E-state index is 12.5. The Morgan fingerprint density at radius 1 is 1.19 bits per heavy atom. The van der Waals surface area contributed by atoms with Crippen LogP contribution in [0.1, 0.15) is 6.42 Å². The van der Waals surface area contributed by atoms with Crippen LogP contribution in [0.15, 0.2) is 33.9 Å². The van der Waals surface area contributed by atoms with Gasteiger partial charge < -0.3 is 29.2 Å². The Labute approximate surface area is 178 Å². The molecule has 0 amide bonds. The number of benzene rings is 1. The maximum absolute atomic E-state index is 12.5. The second-order valence-electron chi connectivity index (χ2n) is 6.95. The summed E-state index contributed by atoms with van der Waals surface area (Å²) < 4.78 is 18.6. The highest BCUT2D eigenvalue weighted by Crippen LogP contribution is 2.19. The van der Waals surface area contributed by atoms with E-state index in [1.807, 2.05) is 0 Å². The van der Waals surface area contributed by atoms with Gasteiger partial charge >= 0.3 is 5.69 Å². The van der Waals surface area contributed by atoms with Crippen molar-refractivity contribution in [2.75, 3.05) is 39.3 Å². The molecule has 31 heavy (non-hydrogen) atoms. The molecule has 0 aliphatic rings. The molecule has 0 aliphatic heterocycles. The summed E-state index contributed by atoms with van der Waals surface area (Å²) in [5, 5.41) is 13.7. The van der Waals surface area contributed by atoms with Gasteiger partial charge in [-0.25, -0.2) is 4.79 Å². The molecule has 1 atom stereocenters. The van der Waals surface area contributed by atoms with Crippen molar-refractivity contribution in [1.29, 1.82) is 0 Å². The van der Waals surface area contributed by atoms with Gasteiger partial charge in [-0.05, 0) is 30.7 Å². The summed E-state index contributed by atoms with van der Waals surface area (Å²) in [6.07, 6.45) is -0.214. The Hall–Kier alpha value is -3.31. The van der Waals surface area contributed by atoms with Crippen LogP contribution in [0.3, 0.4) is 0 Å². The quantitative estimate of drug-likeness (QED) is 0.368. The lowest BCUT2D eigenvalue weighted by Gasteiger charge is -2.16. The van der Waals surface area contributed by atoms with Crippen molar-refractivity contribution in [3.63, 3.8) is 0 Å². The van der Waals surface area contributed by atoms with E-state index in [1.54, 1.807) is 43.1 Å². The molecule has 0 spiro atoms. The second kappa shape index (κ2) is 10.1. The first-order valence-corrected chi connectivity index (χ1v) is 9.82. The number of aryl methyl sites for hydroxylation is 1. The number of aromatic amines is 1. The minimum Gasteiger partial charge on any atom is -0.497 e. The van der Waals surface area contributed by atoms with Crippen LogP contribution < -0.4 is 26.0 Å². The Balaban J connectivity index is 1.81. The summed E-state index contributed by atoms with van der Waals surface area (Å²) in [7, 11) is 4.72. The summed E-state index contributed by atoms with van der Waals surface area (Å²) >= 11 is 0. The Morgan fingerprint density at radius 3 is 2.58 bits per heavy atom. The normalized spacial score (nSPS) is 12.1. The van der Waals surface area contributed by atoms with Gasteiger partial charge in [-0.2, -0.15) is 4.98 Å². The van der Waals surface area contributed by atoms with E-state index >= 15 is 0 Å². The average Bonchev–Trinajstić information content (AvgIpc) is 3.12. The first-order chi connectivity index (χ1) is 14.9. The van der Waals surface area contributed by atoms with E-state index in [2.05, 4.69) is 15.3 Å². The van der Waals surface area contributed by atoms with Gasteiger partial charge in [0.05, 0.1) is 13.7 Å². The second-order valence-corrected chi connectivity index (χ2v) is 6.95. The lowest BCUT2D eigenvalue weighted by Crippen LogP contribution is -2.31. The predicted molar refractivity (Wildman–Crippen MR) is 115 cm³/mol. The summed E-state index contributed by atoms with van der Waals surface area (Å²) in [6, 6.07) is 6.99. The molecule has 0 aliphatic carbocycles. The Kier molecular flexibility index (Phi) is 7.32. The molecular weight excluding hydrogens is 406 g/mol. The lowest BCUT2D eigenvalue weighted by atomic mass is 10.3. The van der Waals surface area contributed by atoms with Crippen molar-refractivity contribution in [2.45, 2.75) is 19.1 Å². The molecule has 0 radical (unpaired) electrons. The van der Waals surface area contributed by atoms with Crippen LogP contribution in [0.4, 0.5) is 5.95 Å². The van der Waals surface area contributed by atoms with Crippen LogP contribution in [0, 0.1) is 0 Å². The van der Waals surface area contributed by atoms with Gasteiger partial charge in [0.15, 0.2) is 11.2 Å². The largest absolute Gasteiger partial charge is 0.497 e. The SMILES string of the molecule is COCCCNc1nc2c(c(=O)[nH]c(=O)n2C)n1C[C@@H](O)COc1ccc(OC)cc1. The number of nitrogens with one attached hydrogen (secondary N) is 2. The summed E-state index contributed by atoms with van der Waals surface area (Å²) in [6.45, 7) is 1.14. The molecule has 0 saturated carbocycles. The Morgan fingerprint density at radius 2 is 1.90 bits per heavy atom. The molecule has 3 aromatic rings. The zero-order chi connectivity index (χ0) is 22.4. The van der Waals surface area contributed by atoms with Crippen LogP contribution in [0.2, 0.25) is 0 Å². The van der Waals surface area contributed by atoms with Crippen molar-refractivity contribution in [1.82, 2.24) is 19.1 Å². The van der Waals surface area contributed by atoms with Crippen LogP contribution in [0.5, 0.6) is 11.5 Å². The number of fused-ring (bicyclic) bond motifs is 1. The van der Waals surface area contributed by atoms with E-state index in [-0.39, 0.29) is 24.3 Å². The molecule has 2 heterocycles.